The summed E-state index contributed by atoms with van der Waals surface area (Å²) in [6.45, 7) is 4.61. The molecule has 0 unspecified atom stereocenters. The van der Waals surface area contributed by atoms with Crippen LogP contribution in [0.25, 0.3) is 26.8 Å². The summed E-state index contributed by atoms with van der Waals surface area (Å²) in [5.74, 6) is 0.476. The van der Waals surface area contributed by atoms with Gasteiger partial charge in [-0.15, -0.1) is 0 Å². The van der Waals surface area contributed by atoms with E-state index in [0.717, 1.165) is 60.2 Å². The first-order valence-electron chi connectivity index (χ1n) is 12.5. The van der Waals surface area contributed by atoms with Gasteiger partial charge in [-0.05, 0) is 24.3 Å². The van der Waals surface area contributed by atoms with E-state index in [0.29, 0.717) is 16.6 Å². The molecule has 0 amide bonds. The van der Waals surface area contributed by atoms with Crippen LogP contribution in [0.15, 0.2) is 83.9 Å². The van der Waals surface area contributed by atoms with Gasteiger partial charge in [0.05, 0.1) is 22.9 Å². The lowest BCUT2D eigenvalue weighted by Crippen LogP contribution is -2.47. The number of rotatable bonds is 7. The van der Waals surface area contributed by atoms with Crippen LogP contribution < -0.4 is 15.8 Å². The van der Waals surface area contributed by atoms with E-state index in [1.807, 2.05) is 48.5 Å². The van der Waals surface area contributed by atoms with E-state index in [2.05, 4.69) is 37.2 Å². The number of aliphatic hydroxyl groups is 1. The Morgan fingerprint density at radius 1 is 0.921 bits per heavy atom. The van der Waals surface area contributed by atoms with E-state index in [9.17, 15) is 9.90 Å². The summed E-state index contributed by atoms with van der Waals surface area (Å²) in [6.07, 6.45) is 3.27. The lowest BCUT2D eigenvalue weighted by Gasteiger charge is -2.35. The number of fused-ring (bicyclic) bond motifs is 1. The van der Waals surface area contributed by atoms with Gasteiger partial charge in [-0.25, -0.2) is 15.0 Å². The zero-order valence-electron chi connectivity index (χ0n) is 20.7. The molecule has 0 radical (unpaired) electrons. The number of aliphatic hydroxyl groups excluding tert-OH is 1. The third kappa shape index (κ3) is 4.89. The van der Waals surface area contributed by atoms with E-state index in [-0.39, 0.29) is 12.2 Å². The molecule has 5 aromatic rings. The standard InChI is InChI=1S/C28H27N7O2S/c36-18-17-33-13-15-34(16-14-33)22-8-4-7-21(19-22)31-27-29-11-9-23(32-27)26-25(20-5-2-1-3-6-20)35-24(37)10-12-30-28(35)38-26/h1-12,19,36H,13-18H2,(H,29,31,32). The molecule has 0 bridgehead atoms. The van der Waals surface area contributed by atoms with Crippen molar-refractivity contribution < 1.29 is 5.11 Å². The lowest BCUT2D eigenvalue weighted by molar-refractivity contribution is 0.189. The Bertz CT molecular complexity index is 1610. The van der Waals surface area contributed by atoms with Crippen molar-refractivity contribution in [2.24, 2.45) is 0 Å². The fourth-order valence-corrected chi connectivity index (χ4v) is 5.86. The van der Waals surface area contributed by atoms with Crippen LogP contribution in [-0.4, -0.2) is 68.7 Å². The molecule has 10 heteroatoms. The summed E-state index contributed by atoms with van der Waals surface area (Å²) in [5.41, 5.74) is 4.32. The first-order valence-corrected chi connectivity index (χ1v) is 13.4. The van der Waals surface area contributed by atoms with Gasteiger partial charge >= 0.3 is 0 Å². The van der Waals surface area contributed by atoms with Crippen LogP contribution in [-0.2, 0) is 0 Å². The molecule has 1 fully saturated rings. The quantitative estimate of drug-likeness (QED) is 0.332. The number of aromatic nitrogens is 4. The summed E-state index contributed by atoms with van der Waals surface area (Å²) in [6, 6.07) is 21.4. The van der Waals surface area contributed by atoms with E-state index >= 15 is 0 Å². The second kappa shape index (κ2) is 10.7. The molecule has 38 heavy (non-hydrogen) atoms. The second-order valence-corrected chi connectivity index (χ2v) is 10.0. The van der Waals surface area contributed by atoms with Crippen molar-refractivity contribution in [1.29, 1.82) is 0 Å². The Hall–Kier alpha value is -4.12. The van der Waals surface area contributed by atoms with E-state index in [4.69, 9.17) is 4.98 Å². The summed E-state index contributed by atoms with van der Waals surface area (Å²) in [5, 5.41) is 12.6. The first kappa shape index (κ1) is 24.2. The molecule has 9 nitrogen and oxygen atoms in total. The number of nitrogens with one attached hydrogen (secondary N) is 1. The summed E-state index contributed by atoms with van der Waals surface area (Å²) < 4.78 is 1.65. The highest BCUT2D eigenvalue weighted by Gasteiger charge is 2.20. The predicted octanol–water partition coefficient (Wildman–Crippen LogP) is 3.74. The average molecular weight is 526 g/mol. The maximum absolute atomic E-state index is 12.8. The monoisotopic (exact) mass is 525 g/mol. The SMILES string of the molecule is O=c1ccnc2sc(-c3ccnc(Nc4cccc(N5CCN(CCO)CC5)c4)n3)c(-c3ccccc3)n12. The van der Waals surface area contributed by atoms with Gasteiger partial charge in [0, 0.05) is 68.1 Å². The average Bonchev–Trinajstić information content (AvgIpc) is 3.36. The Kier molecular flexibility index (Phi) is 6.82. The number of hydrogen-bond donors (Lipinski definition) is 2. The highest BCUT2D eigenvalue weighted by atomic mass is 32.1. The Labute approximate surface area is 223 Å². The van der Waals surface area contributed by atoms with Crippen molar-refractivity contribution in [3.05, 3.63) is 89.5 Å². The number of thiazole rings is 1. The van der Waals surface area contributed by atoms with Gasteiger partial charge in [0.1, 0.15) is 0 Å². The highest BCUT2D eigenvalue weighted by molar-refractivity contribution is 7.20. The minimum absolute atomic E-state index is 0.127. The first-order chi connectivity index (χ1) is 18.7. The fraction of sp³-hybridized carbons (Fsp3) is 0.214. The van der Waals surface area contributed by atoms with Crippen LogP contribution >= 0.6 is 11.3 Å². The number of piperazine rings is 1. The molecular weight excluding hydrogens is 498 g/mol. The molecule has 4 heterocycles. The van der Waals surface area contributed by atoms with Gasteiger partial charge in [-0.1, -0.05) is 47.7 Å². The Morgan fingerprint density at radius 3 is 2.55 bits per heavy atom. The van der Waals surface area contributed by atoms with Crippen molar-refractivity contribution in [2.75, 3.05) is 49.5 Å². The normalized spacial score (nSPS) is 14.2. The van der Waals surface area contributed by atoms with Crippen LogP contribution in [0, 0.1) is 0 Å². The largest absolute Gasteiger partial charge is 0.395 e. The van der Waals surface area contributed by atoms with Gasteiger partial charge in [0.25, 0.3) is 5.56 Å². The number of hydrogen-bond acceptors (Lipinski definition) is 9. The van der Waals surface area contributed by atoms with Crippen molar-refractivity contribution in [3.8, 4) is 21.8 Å². The van der Waals surface area contributed by atoms with Gasteiger partial charge in [-0.2, -0.15) is 0 Å². The fourth-order valence-electron chi connectivity index (χ4n) is 4.77. The van der Waals surface area contributed by atoms with E-state index in [1.165, 1.54) is 17.4 Å². The third-order valence-corrected chi connectivity index (χ3v) is 7.71. The molecule has 3 aromatic heterocycles. The third-order valence-electron chi connectivity index (χ3n) is 6.64. The molecule has 2 aromatic carbocycles. The molecule has 6 rings (SSSR count). The molecule has 0 aliphatic carbocycles. The van der Waals surface area contributed by atoms with E-state index in [1.54, 1.807) is 16.8 Å². The summed E-state index contributed by atoms with van der Waals surface area (Å²) >= 11 is 1.43. The van der Waals surface area contributed by atoms with Gasteiger partial charge in [-0.3, -0.25) is 14.1 Å². The molecule has 0 saturated carbocycles. The van der Waals surface area contributed by atoms with Crippen LogP contribution in [0.4, 0.5) is 17.3 Å². The summed E-state index contributed by atoms with van der Waals surface area (Å²) in [7, 11) is 0. The number of benzene rings is 2. The smallest absolute Gasteiger partial charge is 0.258 e. The number of β-amino-alcohol motifs (C(OH)–C–C–N with tert-alkyl or cyclic N) is 1. The van der Waals surface area contributed by atoms with Crippen molar-refractivity contribution in [3.63, 3.8) is 0 Å². The molecule has 0 atom stereocenters. The van der Waals surface area contributed by atoms with Crippen molar-refractivity contribution in [1.82, 2.24) is 24.3 Å². The van der Waals surface area contributed by atoms with Gasteiger partial charge in [0.15, 0.2) is 4.96 Å². The highest BCUT2D eigenvalue weighted by Crippen LogP contribution is 2.37. The summed E-state index contributed by atoms with van der Waals surface area (Å²) in [4.78, 5) is 32.6. The topological polar surface area (TPSA) is 98.9 Å². The lowest BCUT2D eigenvalue weighted by atomic mass is 10.1. The van der Waals surface area contributed by atoms with E-state index < -0.39 is 0 Å². The zero-order chi connectivity index (χ0) is 25.9. The molecular formula is C28H27N7O2S. The molecule has 2 N–H and O–H groups in total. The predicted molar refractivity (Wildman–Crippen MR) is 151 cm³/mol. The molecule has 1 saturated heterocycles. The van der Waals surface area contributed by atoms with Crippen LogP contribution in [0.1, 0.15) is 0 Å². The number of nitrogens with zero attached hydrogens (tertiary/aromatic N) is 6. The Morgan fingerprint density at radius 2 is 1.74 bits per heavy atom. The maximum atomic E-state index is 12.8. The molecule has 192 valence electrons. The maximum Gasteiger partial charge on any atom is 0.258 e. The van der Waals surface area contributed by atoms with Crippen molar-refractivity contribution >= 4 is 33.6 Å². The van der Waals surface area contributed by atoms with Crippen LogP contribution in [0.5, 0.6) is 0 Å². The minimum atomic E-state index is -0.127. The molecule has 1 aliphatic heterocycles. The van der Waals surface area contributed by atoms with Gasteiger partial charge in [0.2, 0.25) is 5.95 Å². The number of anilines is 3. The van der Waals surface area contributed by atoms with Crippen LogP contribution in [0.2, 0.25) is 0 Å². The molecule has 1 aliphatic rings. The molecule has 0 spiro atoms. The second-order valence-electron chi connectivity index (χ2n) is 9.04. The zero-order valence-corrected chi connectivity index (χ0v) is 21.5. The van der Waals surface area contributed by atoms with Crippen LogP contribution in [0.3, 0.4) is 0 Å². The minimum Gasteiger partial charge on any atom is -0.395 e. The van der Waals surface area contributed by atoms with Gasteiger partial charge < -0.3 is 15.3 Å². The Balaban J connectivity index is 1.30. The van der Waals surface area contributed by atoms with Crippen molar-refractivity contribution in [2.45, 2.75) is 0 Å².